The zero-order valence-electron chi connectivity index (χ0n) is 9.40. The quantitative estimate of drug-likeness (QED) is 0.777. The number of rotatable bonds is 5. The Morgan fingerprint density at radius 1 is 1.50 bits per heavy atom. The van der Waals surface area contributed by atoms with E-state index in [1.54, 1.807) is 11.8 Å². The lowest BCUT2D eigenvalue weighted by Gasteiger charge is -2.07. The van der Waals surface area contributed by atoms with Crippen molar-refractivity contribution >= 4 is 33.7 Å². The Labute approximate surface area is 109 Å². The van der Waals surface area contributed by atoms with Gasteiger partial charge < -0.3 is 4.74 Å². The number of ether oxygens (including phenoxy) is 1. The van der Waals surface area contributed by atoms with Crippen LogP contribution < -0.4 is 0 Å². The van der Waals surface area contributed by atoms with Crippen molar-refractivity contribution in [2.45, 2.75) is 25.7 Å². The molecule has 16 heavy (non-hydrogen) atoms. The van der Waals surface area contributed by atoms with E-state index >= 15 is 0 Å². The third-order valence-corrected chi connectivity index (χ3v) is 3.22. The lowest BCUT2D eigenvalue weighted by Crippen LogP contribution is -2.13. The van der Waals surface area contributed by atoms with Gasteiger partial charge in [0.1, 0.15) is 0 Å². The molecule has 1 rings (SSSR count). The monoisotopic (exact) mass is 302 g/mol. The van der Waals surface area contributed by atoms with E-state index in [0.717, 1.165) is 10.2 Å². The molecule has 0 aromatic heterocycles. The summed E-state index contributed by atoms with van der Waals surface area (Å²) in [6.07, 6.45) is -0.0287. The summed E-state index contributed by atoms with van der Waals surface area (Å²) in [5.41, 5.74) is 1.21. The van der Waals surface area contributed by atoms with E-state index in [9.17, 15) is 4.79 Å². The highest BCUT2D eigenvalue weighted by molar-refractivity contribution is 9.10. The van der Waals surface area contributed by atoms with Crippen molar-refractivity contribution in [3.05, 3.63) is 34.3 Å². The van der Waals surface area contributed by atoms with Crippen LogP contribution in [0.25, 0.3) is 0 Å². The SMILES string of the molecule is CC(C)OC(=O)CSCc1cccc(Br)c1. The fourth-order valence-electron chi connectivity index (χ4n) is 1.18. The van der Waals surface area contributed by atoms with Crippen molar-refractivity contribution in [3.63, 3.8) is 0 Å². The Hall–Kier alpha value is -0.480. The highest BCUT2D eigenvalue weighted by atomic mass is 79.9. The molecule has 1 aromatic rings. The van der Waals surface area contributed by atoms with Crippen molar-refractivity contribution in [2.24, 2.45) is 0 Å². The third kappa shape index (κ3) is 5.56. The molecule has 0 heterocycles. The second-order valence-electron chi connectivity index (χ2n) is 3.66. The second kappa shape index (κ2) is 6.97. The van der Waals surface area contributed by atoms with E-state index in [2.05, 4.69) is 22.0 Å². The number of esters is 1. The van der Waals surface area contributed by atoms with Crippen molar-refractivity contribution in [1.29, 1.82) is 0 Å². The minimum absolute atomic E-state index is 0.0287. The van der Waals surface area contributed by atoms with Gasteiger partial charge in [-0.25, -0.2) is 0 Å². The van der Waals surface area contributed by atoms with Crippen LogP contribution in [0.5, 0.6) is 0 Å². The maximum Gasteiger partial charge on any atom is 0.316 e. The van der Waals surface area contributed by atoms with Gasteiger partial charge in [0, 0.05) is 10.2 Å². The summed E-state index contributed by atoms with van der Waals surface area (Å²) < 4.78 is 6.11. The summed E-state index contributed by atoms with van der Waals surface area (Å²) in [4.78, 5) is 11.3. The fourth-order valence-corrected chi connectivity index (χ4v) is 2.37. The molecule has 0 atom stereocenters. The predicted octanol–water partition coefficient (Wildman–Crippen LogP) is 3.63. The Morgan fingerprint density at radius 2 is 2.25 bits per heavy atom. The van der Waals surface area contributed by atoms with E-state index in [1.807, 2.05) is 32.0 Å². The third-order valence-electron chi connectivity index (χ3n) is 1.74. The number of hydrogen-bond acceptors (Lipinski definition) is 3. The molecule has 1 aromatic carbocycles. The van der Waals surface area contributed by atoms with Crippen LogP contribution in [-0.2, 0) is 15.3 Å². The zero-order valence-corrected chi connectivity index (χ0v) is 11.8. The first-order valence-electron chi connectivity index (χ1n) is 5.09. The van der Waals surface area contributed by atoms with Crippen LogP contribution >= 0.6 is 27.7 Å². The summed E-state index contributed by atoms with van der Waals surface area (Å²) in [6, 6.07) is 8.08. The molecular formula is C12H15BrO2S. The minimum Gasteiger partial charge on any atom is -0.462 e. The van der Waals surface area contributed by atoms with Gasteiger partial charge in [-0.1, -0.05) is 28.1 Å². The molecule has 0 spiro atoms. The Balaban J connectivity index is 2.28. The zero-order chi connectivity index (χ0) is 12.0. The molecule has 2 nitrogen and oxygen atoms in total. The summed E-state index contributed by atoms with van der Waals surface area (Å²) in [6.45, 7) is 3.72. The average molecular weight is 303 g/mol. The summed E-state index contributed by atoms with van der Waals surface area (Å²) in [7, 11) is 0. The van der Waals surface area contributed by atoms with Gasteiger partial charge >= 0.3 is 5.97 Å². The maximum absolute atomic E-state index is 11.3. The van der Waals surface area contributed by atoms with E-state index in [-0.39, 0.29) is 12.1 Å². The molecule has 0 amide bonds. The number of carbonyl (C=O) groups is 1. The molecule has 88 valence electrons. The molecule has 0 bridgehead atoms. The van der Waals surface area contributed by atoms with Crippen LogP contribution in [0.3, 0.4) is 0 Å². The first-order valence-corrected chi connectivity index (χ1v) is 7.04. The highest BCUT2D eigenvalue weighted by Gasteiger charge is 2.05. The number of hydrogen-bond donors (Lipinski definition) is 0. The lowest BCUT2D eigenvalue weighted by atomic mass is 10.2. The summed E-state index contributed by atoms with van der Waals surface area (Å²) >= 11 is 4.98. The first kappa shape index (κ1) is 13.6. The second-order valence-corrected chi connectivity index (χ2v) is 5.56. The molecule has 0 aliphatic heterocycles. The van der Waals surface area contributed by atoms with Gasteiger partial charge in [-0.05, 0) is 31.5 Å². The molecule has 0 aliphatic rings. The Bertz CT molecular complexity index is 353. The molecular weight excluding hydrogens is 288 g/mol. The van der Waals surface area contributed by atoms with Crippen LogP contribution in [-0.4, -0.2) is 17.8 Å². The topological polar surface area (TPSA) is 26.3 Å². The molecule has 0 fully saturated rings. The van der Waals surface area contributed by atoms with Gasteiger partial charge in [0.15, 0.2) is 0 Å². The van der Waals surface area contributed by atoms with E-state index in [1.165, 1.54) is 5.56 Å². The smallest absolute Gasteiger partial charge is 0.316 e. The van der Waals surface area contributed by atoms with Crippen LogP contribution in [0.2, 0.25) is 0 Å². The Kier molecular flexibility index (Phi) is 5.91. The first-order chi connectivity index (χ1) is 7.58. The Morgan fingerprint density at radius 3 is 2.88 bits per heavy atom. The van der Waals surface area contributed by atoms with Crippen LogP contribution in [0.1, 0.15) is 19.4 Å². The van der Waals surface area contributed by atoms with Gasteiger partial charge in [0.05, 0.1) is 11.9 Å². The normalized spacial score (nSPS) is 10.5. The number of carbonyl (C=O) groups excluding carboxylic acids is 1. The molecule has 0 N–H and O–H groups in total. The lowest BCUT2D eigenvalue weighted by molar-refractivity contribution is -0.144. The van der Waals surface area contributed by atoms with Gasteiger partial charge in [-0.15, -0.1) is 11.8 Å². The predicted molar refractivity (Wildman–Crippen MR) is 71.5 cm³/mol. The number of benzene rings is 1. The molecule has 4 heteroatoms. The summed E-state index contributed by atoms with van der Waals surface area (Å²) in [5, 5.41) is 0. The molecule has 0 saturated heterocycles. The van der Waals surface area contributed by atoms with Crippen LogP contribution in [0, 0.1) is 0 Å². The van der Waals surface area contributed by atoms with E-state index in [0.29, 0.717) is 5.75 Å². The van der Waals surface area contributed by atoms with E-state index < -0.39 is 0 Å². The van der Waals surface area contributed by atoms with Gasteiger partial charge in [0.2, 0.25) is 0 Å². The van der Waals surface area contributed by atoms with Crippen molar-refractivity contribution < 1.29 is 9.53 Å². The van der Waals surface area contributed by atoms with Gasteiger partial charge in [-0.2, -0.15) is 0 Å². The van der Waals surface area contributed by atoms with Crippen LogP contribution in [0.15, 0.2) is 28.7 Å². The minimum atomic E-state index is -0.144. The highest BCUT2D eigenvalue weighted by Crippen LogP contribution is 2.17. The van der Waals surface area contributed by atoms with Gasteiger partial charge in [-0.3, -0.25) is 4.79 Å². The van der Waals surface area contributed by atoms with E-state index in [4.69, 9.17) is 4.74 Å². The summed E-state index contributed by atoms with van der Waals surface area (Å²) in [5.74, 6) is 1.09. The van der Waals surface area contributed by atoms with Crippen molar-refractivity contribution in [2.75, 3.05) is 5.75 Å². The molecule has 0 unspecified atom stereocenters. The standard InChI is InChI=1S/C12H15BrO2S/c1-9(2)15-12(14)8-16-7-10-4-3-5-11(13)6-10/h3-6,9H,7-8H2,1-2H3. The average Bonchev–Trinajstić information content (AvgIpc) is 2.16. The molecule has 0 radical (unpaired) electrons. The largest absolute Gasteiger partial charge is 0.462 e. The number of thioether (sulfide) groups is 1. The molecule has 0 aliphatic carbocycles. The molecule has 0 saturated carbocycles. The maximum atomic E-state index is 11.3. The fraction of sp³-hybridized carbons (Fsp3) is 0.417. The van der Waals surface area contributed by atoms with Crippen molar-refractivity contribution in [1.82, 2.24) is 0 Å². The van der Waals surface area contributed by atoms with Gasteiger partial charge in [0.25, 0.3) is 0 Å². The number of halogens is 1. The van der Waals surface area contributed by atoms with Crippen molar-refractivity contribution in [3.8, 4) is 0 Å². The van der Waals surface area contributed by atoms with Crippen LogP contribution in [0.4, 0.5) is 0 Å².